The molecule has 3 aromatic rings. The highest BCUT2D eigenvalue weighted by Crippen LogP contribution is 2.32. The van der Waals surface area contributed by atoms with Crippen LogP contribution >= 0.6 is 0 Å². The number of hydrogen-bond donors (Lipinski definition) is 0. The minimum atomic E-state index is -3.17. The molecule has 3 rings (SSSR count). The molecule has 29 heavy (non-hydrogen) atoms. The van der Waals surface area contributed by atoms with Crippen molar-refractivity contribution in [2.24, 2.45) is 4.99 Å². The van der Waals surface area contributed by atoms with E-state index in [0.717, 1.165) is 35.3 Å². The number of hydrogen-bond acceptors (Lipinski definition) is 6. The molecule has 0 saturated heterocycles. The van der Waals surface area contributed by atoms with Gasteiger partial charge in [0.2, 0.25) is 0 Å². The predicted molar refractivity (Wildman–Crippen MR) is 116 cm³/mol. The van der Waals surface area contributed by atoms with Crippen LogP contribution < -0.4 is 0 Å². The number of rotatable bonds is 7. The molecule has 0 aliphatic carbocycles. The molecule has 0 N–H and O–H groups in total. The van der Waals surface area contributed by atoms with Gasteiger partial charge in [-0.15, -0.1) is 0 Å². The van der Waals surface area contributed by atoms with Crippen molar-refractivity contribution in [3.63, 3.8) is 0 Å². The molecular weight excluding hydrogens is 386 g/mol. The second-order valence-electron chi connectivity index (χ2n) is 6.99. The molecule has 3 aromatic heterocycles. The summed E-state index contributed by atoms with van der Waals surface area (Å²) in [6, 6.07) is 5.47. The number of nitrogens with zero attached hydrogens (tertiary/aromatic N) is 5. The van der Waals surface area contributed by atoms with Crippen molar-refractivity contribution in [3.8, 4) is 16.9 Å². The minimum Gasteiger partial charge on any atom is -0.259 e. The molecule has 1 atom stereocenters. The van der Waals surface area contributed by atoms with Crippen LogP contribution in [-0.2, 0) is 9.84 Å². The normalized spacial score (nSPS) is 13.1. The van der Waals surface area contributed by atoms with Crippen molar-refractivity contribution in [2.75, 3.05) is 6.26 Å². The van der Waals surface area contributed by atoms with Gasteiger partial charge in [-0.1, -0.05) is 19.4 Å². The number of sulfone groups is 1. The Morgan fingerprint density at radius 1 is 1.21 bits per heavy atom. The lowest BCUT2D eigenvalue weighted by atomic mass is 10.1. The monoisotopic (exact) mass is 411 g/mol. The molecule has 8 heteroatoms. The van der Waals surface area contributed by atoms with Crippen LogP contribution in [0.4, 0.5) is 5.69 Å². The third-order valence-electron chi connectivity index (χ3n) is 4.76. The number of aromatic nitrogens is 4. The maximum atomic E-state index is 11.7. The SMILES string of the molecule is CCCC=Nc1c(-c2cnn(-c3ccc(C(C)S(C)(=O)=O)cn3)c2)ccnc1C. The first kappa shape index (κ1) is 20.9. The second kappa shape index (κ2) is 8.65. The molecule has 0 aromatic carbocycles. The van der Waals surface area contributed by atoms with Crippen LogP contribution in [0.15, 0.2) is 48.0 Å². The zero-order valence-electron chi connectivity index (χ0n) is 17.1. The maximum Gasteiger partial charge on any atom is 0.154 e. The molecule has 7 nitrogen and oxygen atoms in total. The number of pyridine rings is 2. The van der Waals surface area contributed by atoms with E-state index in [1.807, 2.05) is 25.4 Å². The first-order valence-corrected chi connectivity index (χ1v) is 11.4. The molecule has 0 aliphatic heterocycles. The number of aryl methyl sites for hydroxylation is 1. The lowest BCUT2D eigenvalue weighted by Crippen LogP contribution is -2.08. The van der Waals surface area contributed by atoms with Gasteiger partial charge >= 0.3 is 0 Å². The largest absolute Gasteiger partial charge is 0.259 e. The van der Waals surface area contributed by atoms with Gasteiger partial charge in [0.05, 0.1) is 22.8 Å². The van der Waals surface area contributed by atoms with Crippen LogP contribution in [-0.4, -0.2) is 40.6 Å². The standard InChI is InChI=1S/C21H25N5O2S/c1-5-6-10-23-21-15(2)22-11-9-19(21)18-13-25-26(14-18)20-8-7-17(12-24-20)16(3)29(4,27)28/h7-14,16H,5-6H2,1-4H3. The van der Waals surface area contributed by atoms with E-state index < -0.39 is 15.1 Å². The van der Waals surface area contributed by atoms with Gasteiger partial charge in [0.25, 0.3) is 0 Å². The van der Waals surface area contributed by atoms with Gasteiger partial charge < -0.3 is 0 Å². The second-order valence-corrected chi connectivity index (χ2v) is 9.35. The summed E-state index contributed by atoms with van der Waals surface area (Å²) in [4.78, 5) is 13.3. The number of unbranched alkanes of at least 4 members (excludes halogenated alkanes) is 1. The van der Waals surface area contributed by atoms with E-state index >= 15 is 0 Å². The van der Waals surface area contributed by atoms with Crippen molar-refractivity contribution < 1.29 is 8.42 Å². The van der Waals surface area contributed by atoms with Crippen LogP contribution in [0.25, 0.3) is 16.9 Å². The van der Waals surface area contributed by atoms with Gasteiger partial charge in [-0.25, -0.2) is 18.1 Å². The summed E-state index contributed by atoms with van der Waals surface area (Å²) in [5.74, 6) is 0.613. The fourth-order valence-corrected chi connectivity index (χ4v) is 3.48. The van der Waals surface area contributed by atoms with Gasteiger partial charge in [-0.3, -0.25) is 9.98 Å². The maximum absolute atomic E-state index is 11.7. The quantitative estimate of drug-likeness (QED) is 0.542. The fourth-order valence-electron chi connectivity index (χ4n) is 2.85. The molecule has 0 fully saturated rings. The van der Waals surface area contributed by atoms with Crippen molar-refractivity contribution in [1.82, 2.24) is 19.7 Å². The van der Waals surface area contributed by atoms with E-state index in [-0.39, 0.29) is 0 Å². The van der Waals surface area contributed by atoms with Crippen molar-refractivity contribution in [1.29, 1.82) is 0 Å². The zero-order valence-corrected chi connectivity index (χ0v) is 17.9. The van der Waals surface area contributed by atoms with Crippen LogP contribution in [0.2, 0.25) is 0 Å². The molecule has 3 heterocycles. The van der Waals surface area contributed by atoms with Crippen LogP contribution in [0.1, 0.15) is 43.2 Å². The molecule has 0 bridgehead atoms. The van der Waals surface area contributed by atoms with E-state index in [1.54, 1.807) is 42.3 Å². The molecule has 0 spiro atoms. The first-order valence-electron chi connectivity index (χ1n) is 9.49. The van der Waals surface area contributed by atoms with Gasteiger partial charge in [0.15, 0.2) is 15.7 Å². The van der Waals surface area contributed by atoms with Crippen molar-refractivity contribution >= 4 is 21.7 Å². The summed E-state index contributed by atoms with van der Waals surface area (Å²) < 4.78 is 25.1. The van der Waals surface area contributed by atoms with Crippen LogP contribution in [0, 0.1) is 6.92 Å². The lowest BCUT2D eigenvalue weighted by Gasteiger charge is -2.09. The molecular formula is C21H25N5O2S. The lowest BCUT2D eigenvalue weighted by molar-refractivity contribution is 0.592. The Morgan fingerprint density at radius 3 is 2.66 bits per heavy atom. The van der Waals surface area contributed by atoms with Gasteiger partial charge in [-0.2, -0.15) is 5.10 Å². The van der Waals surface area contributed by atoms with Gasteiger partial charge in [-0.05, 0) is 38.0 Å². The van der Waals surface area contributed by atoms with Crippen LogP contribution in [0.5, 0.6) is 0 Å². The summed E-state index contributed by atoms with van der Waals surface area (Å²) in [5, 5.41) is 3.82. The third kappa shape index (κ3) is 4.76. The average Bonchev–Trinajstić information content (AvgIpc) is 3.18. The van der Waals surface area contributed by atoms with E-state index in [0.29, 0.717) is 11.4 Å². The molecule has 0 radical (unpaired) electrons. The summed E-state index contributed by atoms with van der Waals surface area (Å²) in [6.45, 7) is 5.71. The molecule has 0 amide bonds. The minimum absolute atomic E-state index is 0.597. The summed E-state index contributed by atoms with van der Waals surface area (Å²) in [7, 11) is -3.17. The highest BCUT2D eigenvalue weighted by atomic mass is 32.2. The van der Waals surface area contributed by atoms with Gasteiger partial charge in [0.1, 0.15) is 0 Å². The van der Waals surface area contributed by atoms with Crippen LogP contribution in [0.3, 0.4) is 0 Å². The Labute approximate surface area is 171 Å². The van der Waals surface area contributed by atoms with E-state index in [4.69, 9.17) is 0 Å². The average molecular weight is 412 g/mol. The Balaban J connectivity index is 1.91. The topological polar surface area (TPSA) is 90.1 Å². The van der Waals surface area contributed by atoms with E-state index in [2.05, 4.69) is 27.0 Å². The summed E-state index contributed by atoms with van der Waals surface area (Å²) in [5.41, 5.74) is 4.22. The Kier molecular flexibility index (Phi) is 6.22. The van der Waals surface area contributed by atoms with E-state index in [9.17, 15) is 8.42 Å². The van der Waals surface area contributed by atoms with Crippen molar-refractivity contribution in [3.05, 3.63) is 54.2 Å². The predicted octanol–water partition coefficient (Wildman–Crippen LogP) is 4.25. The van der Waals surface area contributed by atoms with Gasteiger partial charge in [0, 0.05) is 42.2 Å². The smallest absolute Gasteiger partial charge is 0.154 e. The fraction of sp³-hybridized carbons (Fsp3) is 0.333. The Bertz CT molecular complexity index is 1120. The molecule has 1 unspecified atom stereocenters. The summed E-state index contributed by atoms with van der Waals surface area (Å²) >= 11 is 0. The summed E-state index contributed by atoms with van der Waals surface area (Å²) in [6.07, 6.45) is 12.1. The Hall–Kier alpha value is -2.87. The highest BCUT2D eigenvalue weighted by molar-refractivity contribution is 7.90. The highest BCUT2D eigenvalue weighted by Gasteiger charge is 2.18. The molecule has 0 aliphatic rings. The Morgan fingerprint density at radius 2 is 2.00 bits per heavy atom. The third-order valence-corrected chi connectivity index (χ3v) is 6.31. The number of aliphatic imine (C=N–C) groups is 1. The zero-order chi connectivity index (χ0) is 21.0. The first-order chi connectivity index (χ1) is 13.8. The van der Waals surface area contributed by atoms with Crippen molar-refractivity contribution in [2.45, 2.75) is 38.9 Å². The van der Waals surface area contributed by atoms with E-state index in [1.165, 1.54) is 6.26 Å². The molecule has 0 saturated carbocycles. The molecule has 152 valence electrons.